The zero-order valence-corrected chi connectivity index (χ0v) is 11.0. The molecule has 2 aromatic rings. The van der Waals surface area contributed by atoms with Crippen LogP contribution in [0.1, 0.15) is 5.56 Å². The van der Waals surface area contributed by atoms with Crippen LogP contribution in [0.2, 0.25) is 5.02 Å². The van der Waals surface area contributed by atoms with Crippen LogP contribution in [0.4, 0.5) is 5.69 Å². The highest BCUT2D eigenvalue weighted by molar-refractivity contribution is 6.30. The summed E-state index contributed by atoms with van der Waals surface area (Å²) in [4.78, 5) is 13.9. The van der Waals surface area contributed by atoms with Crippen molar-refractivity contribution < 1.29 is 4.79 Å². The van der Waals surface area contributed by atoms with Crippen molar-refractivity contribution in [1.29, 1.82) is 0 Å². The lowest BCUT2D eigenvalue weighted by Gasteiger charge is -2.25. The van der Waals surface area contributed by atoms with Crippen molar-refractivity contribution in [2.75, 3.05) is 4.90 Å². The molecule has 0 N–H and O–H groups in total. The molecular formula is C14H13ClN3O. The van der Waals surface area contributed by atoms with E-state index >= 15 is 0 Å². The van der Waals surface area contributed by atoms with Crippen LogP contribution in [0, 0.1) is 6.92 Å². The molecule has 3 rings (SSSR count). The quantitative estimate of drug-likeness (QED) is 0.862. The van der Waals surface area contributed by atoms with E-state index in [1.54, 1.807) is 21.8 Å². The second kappa shape index (κ2) is 4.70. The number of carbonyl (C=O) groups is 1. The summed E-state index contributed by atoms with van der Waals surface area (Å²) in [6.07, 6.45) is 3.97. The van der Waals surface area contributed by atoms with E-state index in [-0.39, 0.29) is 11.9 Å². The molecule has 1 radical (unpaired) electrons. The Morgan fingerprint density at radius 2 is 2.32 bits per heavy atom. The molecule has 4 nitrogen and oxygen atoms in total. The zero-order chi connectivity index (χ0) is 13.4. The minimum absolute atomic E-state index is 0.0597. The van der Waals surface area contributed by atoms with Crippen LogP contribution in [0.15, 0.2) is 36.7 Å². The number of anilines is 1. The Balaban J connectivity index is 1.87. The fourth-order valence-electron chi connectivity index (χ4n) is 2.42. The predicted octanol–water partition coefficient (Wildman–Crippen LogP) is 2.33. The van der Waals surface area contributed by atoms with Crippen molar-refractivity contribution in [3.8, 4) is 0 Å². The summed E-state index contributed by atoms with van der Waals surface area (Å²) < 4.78 is 1.78. The van der Waals surface area contributed by atoms with E-state index in [2.05, 4.69) is 12.0 Å². The lowest BCUT2D eigenvalue weighted by atomic mass is 10.1. The van der Waals surface area contributed by atoms with Gasteiger partial charge in [0.1, 0.15) is 0 Å². The molecule has 1 aromatic heterocycles. The molecule has 1 amide bonds. The van der Waals surface area contributed by atoms with Crippen LogP contribution in [-0.4, -0.2) is 21.7 Å². The van der Waals surface area contributed by atoms with Gasteiger partial charge in [-0.25, -0.2) is 0 Å². The molecule has 5 heteroatoms. The van der Waals surface area contributed by atoms with Gasteiger partial charge in [-0.2, -0.15) is 5.10 Å². The number of halogens is 1. The van der Waals surface area contributed by atoms with Crippen LogP contribution in [0.5, 0.6) is 0 Å². The van der Waals surface area contributed by atoms with E-state index < -0.39 is 0 Å². The second-order valence-electron chi connectivity index (χ2n) is 4.60. The van der Waals surface area contributed by atoms with E-state index in [1.807, 2.05) is 24.4 Å². The third-order valence-electron chi connectivity index (χ3n) is 3.23. The highest BCUT2D eigenvalue weighted by atomic mass is 35.5. The number of carbonyl (C=O) groups excluding carboxylic acids is 1. The first-order valence-electron chi connectivity index (χ1n) is 6.06. The average Bonchev–Trinajstić information content (AvgIpc) is 2.95. The van der Waals surface area contributed by atoms with Crippen LogP contribution in [0.3, 0.4) is 0 Å². The lowest BCUT2D eigenvalue weighted by Crippen LogP contribution is -2.38. The molecule has 0 aliphatic carbocycles. The molecule has 1 aliphatic heterocycles. The van der Waals surface area contributed by atoms with Gasteiger partial charge in [0.2, 0.25) is 5.91 Å². The summed E-state index contributed by atoms with van der Waals surface area (Å²) in [5.41, 5.74) is 1.87. The molecular weight excluding hydrogens is 262 g/mol. The van der Waals surface area contributed by atoms with Gasteiger partial charge in [0.25, 0.3) is 0 Å². The third kappa shape index (κ3) is 2.24. The molecule has 0 bridgehead atoms. The maximum atomic E-state index is 12.1. The van der Waals surface area contributed by atoms with Gasteiger partial charge < -0.3 is 4.90 Å². The van der Waals surface area contributed by atoms with Gasteiger partial charge >= 0.3 is 0 Å². The summed E-state index contributed by atoms with van der Waals surface area (Å²) in [6, 6.07) is 7.19. The fourth-order valence-corrected chi connectivity index (χ4v) is 2.61. The molecule has 2 heterocycles. The maximum Gasteiger partial charge on any atom is 0.231 e. The van der Waals surface area contributed by atoms with E-state index in [0.717, 1.165) is 11.3 Å². The predicted molar refractivity (Wildman–Crippen MR) is 74.0 cm³/mol. The maximum absolute atomic E-state index is 12.1. The number of amides is 1. The van der Waals surface area contributed by atoms with E-state index in [4.69, 9.17) is 11.6 Å². The van der Waals surface area contributed by atoms with Gasteiger partial charge in [0.15, 0.2) is 0 Å². The van der Waals surface area contributed by atoms with Crippen LogP contribution in [0.25, 0.3) is 0 Å². The third-order valence-corrected chi connectivity index (χ3v) is 3.47. The summed E-state index contributed by atoms with van der Waals surface area (Å²) >= 11 is 5.95. The number of hydrogen-bond acceptors (Lipinski definition) is 2. The Kier molecular flexibility index (Phi) is 3.03. The Labute approximate surface area is 116 Å². The van der Waals surface area contributed by atoms with Crippen LogP contribution >= 0.6 is 11.6 Å². The Bertz CT molecular complexity index is 609. The SMILES string of the molecule is [CH2]C(Cn1cccn1)N1C(=O)Cc2cc(Cl)ccc21. The molecule has 0 fully saturated rings. The van der Waals surface area contributed by atoms with Gasteiger partial charge in [-0.1, -0.05) is 11.6 Å². The number of nitrogens with zero attached hydrogens (tertiary/aromatic N) is 3. The van der Waals surface area contributed by atoms with Crippen molar-refractivity contribution >= 4 is 23.2 Å². The molecule has 19 heavy (non-hydrogen) atoms. The van der Waals surface area contributed by atoms with E-state index in [1.165, 1.54) is 0 Å². The molecule has 1 atom stereocenters. The van der Waals surface area contributed by atoms with Gasteiger partial charge in [-0.3, -0.25) is 9.48 Å². The summed E-state index contributed by atoms with van der Waals surface area (Å²) in [5.74, 6) is 0.0597. The molecule has 1 aliphatic rings. The smallest absolute Gasteiger partial charge is 0.231 e. The summed E-state index contributed by atoms with van der Waals surface area (Å²) in [7, 11) is 0. The van der Waals surface area contributed by atoms with Crippen LogP contribution < -0.4 is 4.90 Å². The van der Waals surface area contributed by atoms with Crippen molar-refractivity contribution in [3.05, 3.63) is 54.2 Å². The minimum atomic E-state index is -0.185. The molecule has 0 saturated heterocycles. The summed E-state index contributed by atoms with van der Waals surface area (Å²) in [5, 5.41) is 4.79. The van der Waals surface area contributed by atoms with Crippen molar-refractivity contribution in [2.45, 2.75) is 19.0 Å². The van der Waals surface area contributed by atoms with Crippen molar-refractivity contribution in [3.63, 3.8) is 0 Å². The first-order valence-corrected chi connectivity index (χ1v) is 6.44. The highest BCUT2D eigenvalue weighted by Crippen LogP contribution is 2.32. The number of hydrogen-bond donors (Lipinski definition) is 0. The number of fused-ring (bicyclic) bond motifs is 1. The molecule has 1 unspecified atom stereocenters. The van der Waals surface area contributed by atoms with Gasteiger partial charge in [-0.05, 0) is 36.8 Å². The standard InChI is InChI=1S/C14H13ClN3O/c1-10(9-17-6-2-5-16-17)18-13-4-3-12(15)7-11(13)8-14(18)19/h2-7,10H,1,8-9H2. The van der Waals surface area contributed by atoms with Crippen molar-refractivity contribution in [1.82, 2.24) is 9.78 Å². The Morgan fingerprint density at radius 3 is 3.05 bits per heavy atom. The first-order chi connectivity index (χ1) is 9.15. The van der Waals surface area contributed by atoms with Crippen LogP contribution in [-0.2, 0) is 17.8 Å². The minimum Gasteiger partial charge on any atom is -0.307 e. The number of aromatic nitrogens is 2. The topological polar surface area (TPSA) is 38.1 Å². The van der Waals surface area contributed by atoms with E-state index in [9.17, 15) is 4.79 Å². The molecule has 1 aromatic carbocycles. The van der Waals surface area contributed by atoms with Gasteiger partial charge in [-0.15, -0.1) is 0 Å². The molecule has 0 saturated carbocycles. The zero-order valence-electron chi connectivity index (χ0n) is 10.3. The average molecular weight is 275 g/mol. The fraction of sp³-hybridized carbons (Fsp3) is 0.214. The van der Waals surface area contributed by atoms with Crippen molar-refractivity contribution in [2.24, 2.45) is 0 Å². The molecule has 97 valence electrons. The Hall–Kier alpha value is -1.81. The largest absolute Gasteiger partial charge is 0.307 e. The lowest BCUT2D eigenvalue weighted by molar-refractivity contribution is -0.117. The first kappa shape index (κ1) is 12.2. The normalized spacial score (nSPS) is 15.7. The second-order valence-corrected chi connectivity index (χ2v) is 5.03. The highest BCUT2D eigenvalue weighted by Gasteiger charge is 2.31. The van der Waals surface area contributed by atoms with Gasteiger partial charge in [0, 0.05) is 23.1 Å². The monoisotopic (exact) mass is 274 g/mol. The Morgan fingerprint density at radius 1 is 1.47 bits per heavy atom. The van der Waals surface area contributed by atoms with E-state index in [0.29, 0.717) is 18.0 Å². The number of benzene rings is 1. The number of rotatable bonds is 3. The van der Waals surface area contributed by atoms with Gasteiger partial charge in [0.05, 0.1) is 19.0 Å². The summed E-state index contributed by atoms with van der Waals surface area (Å²) in [6.45, 7) is 4.65. The molecule has 0 spiro atoms.